The summed E-state index contributed by atoms with van der Waals surface area (Å²) < 4.78 is 0. The quantitative estimate of drug-likeness (QED) is 0.890. The van der Waals surface area contributed by atoms with Gasteiger partial charge in [-0.2, -0.15) is 0 Å². The summed E-state index contributed by atoms with van der Waals surface area (Å²) in [7, 11) is 1.85. The van der Waals surface area contributed by atoms with Gasteiger partial charge in [-0.25, -0.2) is 0 Å². The first-order valence-corrected chi connectivity index (χ1v) is 6.52. The van der Waals surface area contributed by atoms with Crippen LogP contribution in [0.25, 0.3) is 0 Å². The zero-order valence-electron chi connectivity index (χ0n) is 11.7. The summed E-state index contributed by atoms with van der Waals surface area (Å²) in [4.78, 5) is 14.0. The molecule has 1 atom stereocenters. The van der Waals surface area contributed by atoms with Crippen molar-refractivity contribution in [3.8, 4) is 0 Å². The summed E-state index contributed by atoms with van der Waals surface area (Å²) in [5.41, 5.74) is 8.65. The van der Waals surface area contributed by atoms with Crippen molar-refractivity contribution in [3.05, 3.63) is 29.3 Å². The van der Waals surface area contributed by atoms with Gasteiger partial charge in [0.2, 0.25) is 5.91 Å². The molecule has 0 aliphatic carbocycles. The largest absolute Gasteiger partial charge is 0.330 e. The average Bonchev–Trinajstić information content (AvgIpc) is 2.51. The van der Waals surface area contributed by atoms with Gasteiger partial charge >= 0.3 is 0 Å². The number of nitrogens with zero attached hydrogens (tertiary/aromatic N) is 1. The third kappa shape index (κ3) is 1.83. The Hall–Kier alpha value is -1.35. The minimum Gasteiger partial charge on any atom is -0.330 e. The molecule has 0 saturated heterocycles. The zero-order chi connectivity index (χ0) is 13.5. The maximum atomic E-state index is 12.2. The van der Waals surface area contributed by atoms with E-state index >= 15 is 0 Å². The van der Waals surface area contributed by atoms with E-state index in [1.165, 1.54) is 5.56 Å². The summed E-state index contributed by atoms with van der Waals surface area (Å²) in [6, 6.07) is 6.35. The van der Waals surface area contributed by atoms with Crippen LogP contribution >= 0.6 is 0 Å². The monoisotopic (exact) mass is 246 g/mol. The Balaban J connectivity index is 2.45. The van der Waals surface area contributed by atoms with E-state index in [-0.39, 0.29) is 5.91 Å². The first kappa shape index (κ1) is 13.1. The Morgan fingerprint density at radius 1 is 1.39 bits per heavy atom. The minimum atomic E-state index is -0.414. The van der Waals surface area contributed by atoms with E-state index in [0.717, 1.165) is 17.7 Å². The van der Waals surface area contributed by atoms with Crippen LogP contribution in [-0.2, 0) is 10.2 Å². The van der Waals surface area contributed by atoms with Gasteiger partial charge in [0.15, 0.2) is 0 Å². The second-order valence-electron chi connectivity index (χ2n) is 5.74. The number of fused-ring (bicyclic) bond motifs is 1. The predicted molar refractivity (Wildman–Crippen MR) is 75.0 cm³/mol. The van der Waals surface area contributed by atoms with Crippen molar-refractivity contribution < 1.29 is 4.79 Å². The van der Waals surface area contributed by atoms with Crippen LogP contribution in [0.15, 0.2) is 18.2 Å². The number of nitrogens with two attached hydrogens (primary N) is 1. The van der Waals surface area contributed by atoms with Crippen LogP contribution < -0.4 is 10.6 Å². The number of hydrogen-bond acceptors (Lipinski definition) is 2. The molecule has 1 unspecified atom stereocenters. The molecule has 0 radical (unpaired) electrons. The van der Waals surface area contributed by atoms with Crippen molar-refractivity contribution in [3.63, 3.8) is 0 Å². The van der Waals surface area contributed by atoms with Crippen LogP contribution in [0.4, 0.5) is 5.69 Å². The third-order valence-corrected chi connectivity index (χ3v) is 4.06. The standard InChI is InChI=1S/C15H22N2O/c1-10(7-8-16)11-5-6-13-12(9-11)15(2,3)14(18)17(13)4/h5-6,9-10H,7-8,16H2,1-4H3. The molecule has 1 aliphatic rings. The fourth-order valence-electron chi connectivity index (χ4n) is 2.71. The minimum absolute atomic E-state index is 0.168. The molecule has 0 saturated carbocycles. The highest BCUT2D eigenvalue weighted by molar-refractivity contribution is 6.07. The lowest BCUT2D eigenvalue weighted by Crippen LogP contribution is -2.33. The van der Waals surface area contributed by atoms with Gasteiger partial charge in [-0.3, -0.25) is 4.79 Å². The molecule has 2 N–H and O–H groups in total. The Morgan fingerprint density at radius 3 is 2.67 bits per heavy atom. The second-order valence-corrected chi connectivity index (χ2v) is 5.74. The SMILES string of the molecule is CC(CCN)c1ccc2c(c1)C(C)(C)C(=O)N2C. The van der Waals surface area contributed by atoms with Gasteiger partial charge < -0.3 is 10.6 Å². The van der Waals surface area contributed by atoms with Gasteiger partial charge in [0, 0.05) is 12.7 Å². The lowest BCUT2D eigenvalue weighted by atomic mass is 9.84. The Labute approximate surface area is 109 Å². The van der Waals surface area contributed by atoms with Crippen molar-refractivity contribution >= 4 is 11.6 Å². The van der Waals surface area contributed by atoms with Gasteiger partial charge in [-0.05, 0) is 49.9 Å². The molecular weight excluding hydrogens is 224 g/mol. The van der Waals surface area contributed by atoms with E-state index in [1.807, 2.05) is 20.9 Å². The fourth-order valence-corrected chi connectivity index (χ4v) is 2.71. The van der Waals surface area contributed by atoms with E-state index in [0.29, 0.717) is 12.5 Å². The molecule has 0 spiro atoms. The number of carbonyl (C=O) groups is 1. The van der Waals surface area contributed by atoms with Crippen molar-refractivity contribution in [2.75, 3.05) is 18.5 Å². The van der Waals surface area contributed by atoms with Gasteiger partial charge in [-0.15, -0.1) is 0 Å². The van der Waals surface area contributed by atoms with E-state index in [9.17, 15) is 4.79 Å². The molecule has 1 aromatic rings. The van der Waals surface area contributed by atoms with Crippen LogP contribution in [0.5, 0.6) is 0 Å². The highest BCUT2D eigenvalue weighted by Crippen LogP contribution is 2.42. The second kappa shape index (κ2) is 4.39. The van der Waals surface area contributed by atoms with Crippen molar-refractivity contribution in [1.29, 1.82) is 0 Å². The molecule has 2 rings (SSSR count). The number of rotatable bonds is 3. The highest BCUT2D eigenvalue weighted by atomic mass is 16.2. The van der Waals surface area contributed by atoms with E-state index in [2.05, 4.69) is 25.1 Å². The predicted octanol–water partition coefficient (Wildman–Crippen LogP) is 2.39. The normalized spacial score (nSPS) is 18.9. The average molecular weight is 246 g/mol. The van der Waals surface area contributed by atoms with E-state index in [4.69, 9.17) is 5.73 Å². The third-order valence-electron chi connectivity index (χ3n) is 4.06. The number of anilines is 1. The molecule has 98 valence electrons. The first-order chi connectivity index (χ1) is 8.39. The van der Waals surface area contributed by atoms with Gasteiger partial charge in [-0.1, -0.05) is 19.1 Å². The van der Waals surface area contributed by atoms with Crippen LogP contribution in [-0.4, -0.2) is 19.5 Å². The van der Waals surface area contributed by atoms with Gasteiger partial charge in [0.05, 0.1) is 5.41 Å². The van der Waals surface area contributed by atoms with Gasteiger partial charge in [0.25, 0.3) is 0 Å². The molecule has 3 nitrogen and oxygen atoms in total. The summed E-state index contributed by atoms with van der Waals surface area (Å²) in [6.45, 7) is 6.87. The molecule has 0 aromatic heterocycles. The highest BCUT2D eigenvalue weighted by Gasteiger charge is 2.42. The molecule has 3 heteroatoms. The van der Waals surface area contributed by atoms with Crippen LogP contribution in [0.1, 0.15) is 44.2 Å². The number of hydrogen-bond donors (Lipinski definition) is 1. The molecule has 1 aliphatic heterocycles. The molecule has 1 heterocycles. The smallest absolute Gasteiger partial charge is 0.236 e. The van der Waals surface area contributed by atoms with Crippen molar-refractivity contribution in [2.45, 2.75) is 38.5 Å². The van der Waals surface area contributed by atoms with E-state index in [1.54, 1.807) is 4.90 Å². The lowest BCUT2D eigenvalue weighted by molar-refractivity contribution is -0.121. The molecule has 0 bridgehead atoms. The van der Waals surface area contributed by atoms with Crippen LogP contribution in [0.2, 0.25) is 0 Å². The summed E-state index contributed by atoms with van der Waals surface area (Å²) in [5.74, 6) is 0.609. The zero-order valence-corrected chi connectivity index (χ0v) is 11.7. The molecular formula is C15H22N2O. The fraction of sp³-hybridized carbons (Fsp3) is 0.533. The number of amides is 1. The topological polar surface area (TPSA) is 46.3 Å². The summed E-state index contributed by atoms with van der Waals surface area (Å²) >= 11 is 0. The first-order valence-electron chi connectivity index (χ1n) is 6.52. The summed E-state index contributed by atoms with van der Waals surface area (Å²) in [5, 5.41) is 0. The number of carbonyl (C=O) groups excluding carboxylic acids is 1. The number of likely N-dealkylation sites (N-methyl/N-ethyl adjacent to an activating group) is 1. The van der Waals surface area contributed by atoms with Crippen LogP contribution in [0.3, 0.4) is 0 Å². The molecule has 1 amide bonds. The number of benzene rings is 1. The van der Waals surface area contributed by atoms with Gasteiger partial charge in [0.1, 0.15) is 0 Å². The lowest BCUT2D eigenvalue weighted by Gasteiger charge is -2.18. The molecule has 0 fully saturated rings. The summed E-state index contributed by atoms with van der Waals surface area (Å²) in [6.07, 6.45) is 0.975. The van der Waals surface area contributed by atoms with E-state index < -0.39 is 5.41 Å². The Morgan fingerprint density at radius 2 is 2.06 bits per heavy atom. The maximum Gasteiger partial charge on any atom is 0.236 e. The maximum absolute atomic E-state index is 12.2. The molecule has 18 heavy (non-hydrogen) atoms. The molecule has 1 aromatic carbocycles. The van der Waals surface area contributed by atoms with Crippen molar-refractivity contribution in [2.24, 2.45) is 5.73 Å². The Bertz CT molecular complexity index is 479. The van der Waals surface area contributed by atoms with Crippen LogP contribution in [0, 0.1) is 0 Å². The Kier molecular flexibility index (Phi) is 3.20. The van der Waals surface area contributed by atoms with Crippen molar-refractivity contribution in [1.82, 2.24) is 0 Å².